The number of nitrogens with one attached hydrogen (secondary N) is 1. The minimum Gasteiger partial charge on any atom is -0.478 e. The number of pyridine rings is 1. The molecule has 2 heterocycles. The molecular formula is C14H14BrN3O3. The Morgan fingerprint density at radius 2 is 2.14 bits per heavy atom. The van der Waals surface area contributed by atoms with Gasteiger partial charge in [0.05, 0.1) is 24.4 Å². The maximum absolute atomic E-state index is 11.5. The lowest BCUT2D eigenvalue weighted by Gasteiger charge is -2.29. The molecule has 3 rings (SSSR count). The fraction of sp³-hybridized carbons (Fsp3) is 0.286. The highest BCUT2D eigenvalue weighted by Crippen LogP contribution is 2.29. The van der Waals surface area contributed by atoms with Crippen molar-refractivity contribution >= 4 is 38.5 Å². The summed E-state index contributed by atoms with van der Waals surface area (Å²) in [4.78, 5) is 15.7. The number of nitrogens with zero attached hydrogens (tertiary/aromatic N) is 2. The number of rotatable bonds is 3. The van der Waals surface area contributed by atoms with Crippen molar-refractivity contribution in [3.8, 4) is 0 Å². The zero-order valence-electron chi connectivity index (χ0n) is 11.2. The molecule has 0 spiro atoms. The molecule has 1 aliphatic rings. The predicted molar refractivity (Wildman–Crippen MR) is 82.4 cm³/mol. The molecule has 2 aromatic rings. The summed E-state index contributed by atoms with van der Waals surface area (Å²) in [6.45, 7) is 2.66. The van der Waals surface area contributed by atoms with E-state index in [2.05, 4.69) is 26.3 Å². The van der Waals surface area contributed by atoms with Crippen molar-refractivity contribution in [1.29, 1.82) is 0 Å². The molecule has 21 heavy (non-hydrogen) atoms. The van der Waals surface area contributed by atoms with Crippen LogP contribution in [0.4, 0.5) is 5.69 Å². The Labute approximate surface area is 129 Å². The monoisotopic (exact) mass is 351 g/mol. The van der Waals surface area contributed by atoms with Crippen molar-refractivity contribution in [1.82, 2.24) is 9.99 Å². The summed E-state index contributed by atoms with van der Waals surface area (Å²) in [6, 6.07) is 5.61. The van der Waals surface area contributed by atoms with E-state index in [1.165, 1.54) is 6.20 Å². The predicted octanol–water partition coefficient (Wildman–Crippen LogP) is 2.35. The number of fused-ring (bicyclic) bond motifs is 1. The van der Waals surface area contributed by atoms with E-state index in [1.807, 2.05) is 23.2 Å². The van der Waals surface area contributed by atoms with Crippen LogP contribution in [0, 0.1) is 0 Å². The van der Waals surface area contributed by atoms with Crippen molar-refractivity contribution in [2.24, 2.45) is 0 Å². The molecule has 1 aromatic carbocycles. The van der Waals surface area contributed by atoms with Gasteiger partial charge in [-0.3, -0.25) is 4.98 Å². The Kier molecular flexibility index (Phi) is 4.05. The molecule has 2 N–H and O–H groups in total. The number of hydrazine groups is 1. The summed E-state index contributed by atoms with van der Waals surface area (Å²) in [7, 11) is 0. The van der Waals surface area contributed by atoms with Gasteiger partial charge < -0.3 is 15.3 Å². The second-order valence-electron chi connectivity index (χ2n) is 4.72. The van der Waals surface area contributed by atoms with Crippen LogP contribution in [0.25, 0.3) is 10.9 Å². The fourth-order valence-electron chi connectivity index (χ4n) is 2.28. The third-order valence-corrected chi connectivity index (χ3v) is 3.83. The molecule has 0 radical (unpaired) electrons. The van der Waals surface area contributed by atoms with Gasteiger partial charge in [0, 0.05) is 29.1 Å². The number of carboxylic acids is 1. The van der Waals surface area contributed by atoms with Gasteiger partial charge in [-0.05, 0) is 18.2 Å². The summed E-state index contributed by atoms with van der Waals surface area (Å²) in [5.41, 5.74) is 4.69. The van der Waals surface area contributed by atoms with E-state index in [0.29, 0.717) is 32.0 Å². The average Bonchev–Trinajstić information content (AvgIpc) is 2.48. The van der Waals surface area contributed by atoms with Crippen LogP contribution in [0.15, 0.2) is 28.9 Å². The van der Waals surface area contributed by atoms with E-state index in [0.717, 1.165) is 15.4 Å². The van der Waals surface area contributed by atoms with Crippen LogP contribution < -0.4 is 5.43 Å². The van der Waals surface area contributed by atoms with Gasteiger partial charge in [0.2, 0.25) is 0 Å². The summed E-state index contributed by atoms with van der Waals surface area (Å²) < 4.78 is 6.18. The smallest absolute Gasteiger partial charge is 0.339 e. The largest absolute Gasteiger partial charge is 0.478 e. The number of benzene rings is 1. The van der Waals surface area contributed by atoms with Crippen molar-refractivity contribution in [3.05, 3.63) is 34.4 Å². The molecule has 0 aliphatic carbocycles. The van der Waals surface area contributed by atoms with Crippen LogP contribution in [0.5, 0.6) is 0 Å². The van der Waals surface area contributed by atoms with Gasteiger partial charge in [-0.1, -0.05) is 15.9 Å². The molecule has 0 atom stereocenters. The first-order valence-electron chi connectivity index (χ1n) is 6.56. The number of hydrogen-bond acceptors (Lipinski definition) is 5. The molecule has 0 amide bonds. The second kappa shape index (κ2) is 5.97. The maximum Gasteiger partial charge on any atom is 0.339 e. The highest BCUT2D eigenvalue weighted by atomic mass is 79.9. The van der Waals surface area contributed by atoms with Crippen LogP contribution in [-0.2, 0) is 4.74 Å². The quantitative estimate of drug-likeness (QED) is 0.884. The van der Waals surface area contributed by atoms with Gasteiger partial charge in [-0.25, -0.2) is 9.80 Å². The number of hydrogen-bond donors (Lipinski definition) is 2. The minimum absolute atomic E-state index is 0.159. The summed E-state index contributed by atoms with van der Waals surface area (Å²) >= 11 is 3.42. The number of halogens is 1. The average molecular weight is 352 g/mol. The molecule has 0 saturated carbocycles. The Morgan fingerprint density at radius 1 is 1.38 bits per heavy atom. The lowest BCUT2D eigenvalue weighted by atomic mass is 10.1. The Morgan fingerprint density at radius 3 is 2.86 bits per heavy atom. The number of aromatic carboxylic acids is 1. The topological polar surface area (TPSA) is 74.7 Å². The second-order valence-corrected chi connectivity index (χ2v) is 5.64. The van der Waals surface area contributed by atoms with Gasteiger partial charge in [-0.2, -0.15) is 0 Å². The first-order chi connectivity index (χ1) is 10.1. The number of ether oxygens (including phenoxy) is 1. The molecule has 1 aliphatic heterocycles. The van der Waals surface area contributed by atoms with E-state index in [9.17, 15) is 9.90 Å². The number of carbonyl (C=O) groups is 1. The number of morpholine rings is 1. The van der Waals surface area contributed by atoms with Crippen LogP contribution >= 0.6 is 15.9 Å². The molecule has 0 bridgehead atoms. The third kappa shape index (κ3) is 2.99. The Bertz CT molecular complexity index is 686. The fourth-order valence-corrected chi connectivity index (χ4v) is 2.64. The molecule has 7 heteroatoms. The van der Waals surface area contributed by atoms with E-state index < -0.39 is 5.97 Å². The molecule has 1 aromatic heterocycles. The van der Waals surface area contributed by atoms with Crippen molar-refractivity contribution in [3.63, 3.8) is 0 Å². The van der Waals surface area contributed by atoms with E-state index >= 15 is 0 Å². The zero-order chi connectivity index (χ0) is 14.8. The maximum atomic E-state index is 11.5. The van der Waals surface area contributed by atoms with Crippen LogP contribution in [-0.4, -0.2) is 47.4 Å². The summed E-state index contributed by atoms with van der Waals surface area (Å²) in [5.74, 6) is -1.000. The van der Waals surface area contributed by atoms with Gasteiger partial charge in [0.25, 0.3) is 0 Å². The van der Waals surface area contributed by atoms with Crippen LogP contribution in [0.2, 0.25) is 0 Å². The lowest BCUT2D eigenvalue weighted by molar-refractivity contribution is 0.0496. The first kappa shape index (κ1) is 14.2. The molecule has 0 unspecified atom stereocenters. The highest BCUT2D eigenvalue weighted by Gasteiger charge is 2.18. The molecular weight excluding hydrogens is 338 g/mol. The van der Waals surface area contributed by atoms with Gasteiger partial charge in [-0.15, -0.1) is 0 Å². The first-order valence-corrected chi connectivity index (χ1v) is 7.35. The molecule has 1 fully saturated rings. The van der Waals surface area contributed by atoms with E-state index in [4.69, 9.17) is 4.74 Å². The summed E-state index contributed by atoms with van der Waals surface area (Å²) in [6.07, 6.45) is 1.39. The summed E-state index contributed by atoms with van der Waals surface area (Å²) in [5, 5.41) is 12.1. The highest BCUT2D eigenvalue weighted by molar-refractivity contribution is 9.10. The van der Waals surface area contributed by atoms with Crippen LogP contribution in [0.3, 0.4) is 0 Å². The third-order valence-electron chi connectivity index (χ3n) is 3.34. The Balaban J connectivity index is 2.08. The van der Waals surface area contributed by atoms with Gasteiger partial charge in [0.15, 0.2) is 0 Å². The van der Waals surface area contributed by atoms with E-state index in [-0.39, 0.29) is 5.56 Å². The van der Waals surface area contributed by atoms with Crippen molar-refractivity contribution in [2.45, 2.75) is 0 Å². The zero-order valence-corrected chi connectivity index (χ0v) is 12.8. The Hall–Kier alpha value is -1.70. The number of carboxylic acid groups (broad SMARTS) is 1. The SMILES string of the molecule is O=C(O)c1cnc2ccc(Br)cc2c1NN1CCOCC1. The molecule has 1 saturated heterocycles. The van der Waals surface area contributed by atoms with Crippen molar-refractivity contribution < 1.29 is 14.6 Å². The molecule has 110 valence electrons. The normalized spacial score (nSPS) is 16.0. The standard InChI is InChI=1S/C14H14BrN3O3/c15-9-1-2-12-10(7-9)13(11(8-16-12)14(19)20)17-18-3-5-21-6-4-18/h1-2,7-8H,3-6H2,(H,16,17)(H,19,20). The minimum atomic E-state index is -1.000. The number of anilines is 1. The van der Waals surface area contributed by atoms with Crippen molar-refractivity contribution in [2.75, 3.05) is 31.7 Å². The molecule has 6 nitrogen and oxygen atoms in total. The number of aromatic nitrogens is 1. The van der Waals surface area contributed by atoms with E-state index in [1.54, 1.807) is 0 Å². The van der Waals surface area contributed by atoms with Crippen LogP contribution in [0.1, 0.15) is 10.4 Å². The van der Waals surface area contributed by atoms with Gasteiger partial charge >= 0.3 is 5.97 Å². The van der Waals surface area contributed by atoms with Gasteiger partial charge in [0.1, 0.15) is 5.56 Å². The lowest BCUT2D eigenvalue weighted by Crippen LogP contribution is -2.40.